The van der Waals surface area contributed by atoms with E-state index < -0.39 is 17.6 Å². The Kier molecular flexibility index (Phi) is 4.22. The van der Waals surface area contributed by atoms with Crippen molar-refractivity contribution in [1.82, 2.24) is 5.32 Å². The van der Waals surface area contributed by atoms with E-state index in [9.17, 15) is 14.7 Å². The van der Waals surface area contributed by atoms with Gasteiger partial charge in [0.25, 0.3) is 0 Å². The van der Waals surface area contributed by atoms with Crippen LogP contribution in [0.3, 0.4) is 0 Å². The molecule has 1 heterocycles. The summed E-state index contributed by atoms with van der Waals surface area (Å²) in [6.07, 6.45) is 3.04. The molecule has 0 spiro atoms. The number of nitrogens with one attached hydrogen (secondary N) is 1. The third-order valence-electron chi connectivity index (χ3n) is 5.35. The fourth-order valence-corrected chi connectivity index (χ4v) is 3.84. The summed E-state index contributed by atoms with van der Waals surface area (Å²) in [4.78, 5) is 24.1. The summed E-state index contributed by atoms with van der Waals surface area (Å²) >= 11 is 0. The van der Waals surface area contributed by atoms with Crippen molar-refractivity contribution in [2.24, 2.45) is 16.1 Å². The number of rotatable bonds is 5. The minimum atomic E-state index is -1.20. The lowest BCUT2D eigenvalue weighted by Gasteiger charge is -2.30. The Morgan fingerprint density at radius 3 is 2.69 bits per heavy atom. The second kappa shape index (κ2) is 6.55. The van der Waals surface area contributed by atoms with Crippen molar-refractivity contribution in [3.63, 3.8) is 0 Å². The number of hydrogen-bond acceptors (Lipinski definition) is 5. The van der Waals surface area contributed by atoms with Gasteiger partial charge >= 0.3 is 12.1 Å². The van der Waals surface area contributed by atoms with Crippen LogP contribution in [0.4, 0.5) is 4.79 Å². The molecule has 0 radical (unpaired) electrons. The van der Waals surface area contributed by atoms with Crippen molar-refractivity contribution in [2.75, 3.05) is 0 Å². The van der Waals surface area contributed by atoms with Crippen LogP contribution in [0.5, 0.6) is 0 Å². The number of benzene rings is 1. The van der Waals surface area contributed by atoms with Crippen LogP contribution >= 0.6 is 0 Å². The largest absolute Gasteiger partial charge is 0.479 e. The third kappa shape index (κ3) is 2.98. The molecule has 0 aromatic heterocycles. The smallest absolute Gasteiger partial charge is 0.407 e. The molecule has 26 heavy (non-hydrogen) atoms. The summed E-state index contributed by atoms with van der Waals surface area (Å²) in [5.41, 5.74) is 1.27. The first-order valence-corrected chi connectivity index (χ1v) is 8.95. The lowest BCUT2D eigenvalue weighted by Crippen LogP contribution is -2.44. The number of carboxylic acid groups (broad SMARTS) is 1. The topological polar surface area (TPSA) is 100 Å². The van der Waals surface area contributed by atoms with Crippen LogP contribution in [0.15, 0.2) is 51.8 Å². The van der Waals surface area contributed by atoms with E-state index in [4.69, 9.17) is 4.74 Å². The average molecular weight is 355 g/mol. The number of nitrogens with zero attached hydrogens (tertiary/aromatic N) is 2. The zero-order valence-corrected chi connectivity index (χ0v) is 14.4. The number of alkyl carbamates (subject to hydrolysis) is 1. The zero-order valence-electron chi connectivity index (χ0n) is 14.4. The van der Waals surface area contributed by atoms with Gasteiger partial charge in [0.1, 0.15) is 6.61 Å². The molecular weight excluding hydrogens is 334 g/mol. The van der Waals surface area contributed by atoms with Gasteiger partial charge in [0.2, 0.25) is 5.54 Å². The van der Waals surface area contributed by atoms with E-state index in [0.717, 1.165) is 29.7 Å². The summed E-state index contributed by atoms with van der Waals surface area (Å²) in [7, 11) is 0. The van der Waals surface area contributed by atoms with Crippen LogP contribution < -0.4 is 5.32 Å². The van der Waals surface area contributed by atoms with Crippen molar-refractivity contribution in [2.45, 2.75) is 50.3 Å². The fraction of sp³-hybridized carbons (Fsp3) is 0.474. The maximum absolute atomic E-state index is 12.1. The van der Waals surface area contributed by atoms with Crippen molar-refractivity contribution >= 4 is 12.1 Å². The van der Waals surface area contributed by atoms with Crippen molar-refractivity contribution in [1.29, 1.82) is 0 Å². The van der Waals surface area contributed by atoms with Crippen LogP contribution in [0.1, 0.15) is 37.7 Å². The Morgan fingerprint density at radius 2 is 2.00 bits per heavy atom. The van der Waals surface area contributed by atoms with Crippen LogP contribution in [0, 0.1) is 5.92 Å². The zero-order chi connectivity index (χ0) is 18.1. The molecule has 2 unspecified atom stereocenters. The van der Waals surface area contributed by atoms with E-state index >= 15 is 0 Å². The van der Waals surface area contributed by atoms with Gasteiger partial charge in [-0.15, -0.1) is 0 Å². The highest BCUT2D eigenvalue weighted by Crippen LogP contribution is 2.53. The highest BCUT2D eigenvalue weighted by Gasteiger charge is 2.58. The Hall–Kier alpha value is -2.70. The van der Waals surface area contributed by atoms with Crippen molar-refractivity contribution < 1.29 is 19.4 Å². The third-order valence-corrected chi connectivity index (χ3v) is 5.35. The summed E-state index contributed by atoms with van der Waals surface area (Å²) in [6.45, 7) is 0.207. The molecule has 7 nitrogen and oxygen atoms in total. The van der Waals surface area contributed by atoms with Crippen LogP contribution in [-0.2, 0) is 16.1 Å². The molecule has 2 atom stereocenters. The molecule has 2 aliphatic carbocycles. The number of ether oxygens (including phenoxy) is 1. The molecule has 1 aliphatic heterocycles. The van der Waals surface area contributed by atoms with Gasteiger partial charge in [-0.25, -0.2) is 9.59 Å². The summed E-state index contributed by atoms with van der Waals surface area (Å²) in [6, 6.07) is 9.32. The second-order valence-corrected chi connectivity index (χ2v) is 7.12. The number of amides is 1. The molecular formula is C19H21N3O4. The maximum Gasteiger partial charge on any atom is 0.407 e. The number of hydrogen-bond donors (Lipinski definition) is 2. The Labute approximate surface area is 151 Å². The highest BCUT2D eigenvalue weighted by atomic mass is 16.5. The SMILES string of the molecule is O=C(NC1CCC2=C(C1)C(C(=O)O)(C1CC1)N=N2)OCc1ccccc1. The van der Waals surface area contributed by atoms with Gasteiger partial charge in [0.05, 0.1) is 5.70 Å². The summed E-state index contributed by atoms with van der Waals surface area (Å²) in [5, 5.41) is 21.0. The molecule has 1 saturated carbocycles. The average Bonchev–Trinajstić information content (AvgIpc) is 3.42. The van der Waals surface area contributed by atoms with Crippen molar-refractivity contribution in [3.05, 3.63) is 47.2 Å². The van der Waals surface area contributed by atoms with Crippen LogP contribution in [0.25, 0.3) is 0 Å². The second-order valence-electron chi connectivity index (χ2n) is 7.12. The lowest BCUT2D eigenvalue weighted by molar-refractivity contribution is -0.142. The Bertz CT molecular complexity index is 785. The number of carbonyl (C=O) groups excluding carboxylic acids is 1. The Morgan fingerprint density at radius 1 is 1.23 bits per heavy atom. The first-order valence-electron chi connectivity index (χ1n) is 8.95. The van der Waals surface area contributed by atoms with Crippen LogP contribution in [-0.4, -0.2) is 28.7 Å². The quantitative estimate of drug-likeness (QED) is 0.845. The summed E-state index contributed by atoms with van der Waals surface area (Å²) < 4.78 is 5.27. The normalized spacial score (nSPS) is 27.2. The standard InChI is InChI=1S/C19H21N3O4/c23-17(24)19(13-6-7-13)15-10-14(8-9-16(15)21-22-19)20-18(25)26-11-12-4-2-1-3-5-12/h1-5,13-14H,6-11H2,(H,20,25)(H,23,24). The number of carboxylic acids is 1. The first kappa shape index (κ1) is 16.8. The van der Waals surface area contributed by atoms with Crippen LogP contribution in [0.2, 0.25) is 0 Å². The van der Waals surface area contributed by atoms with Gasteiger partial charge in [-0.05, 0) is 43.2 Å². The molecule has 1 amide bonds. The lowest BCUT2D eigenvalue weighted by atomic mass is 9.78. The predicted molar refractivity (Wildman–Crippen MR) is 92.4 cm³/mol. The van der Waals surface area contributed by atoms with Gasteiger partial charge in [-0.3, -0.25) is 0 Å². The molecule has 7 heteroatoms. The molecule has 2 N–H and O–H groups in total. The minimum Gasteiger partial charge on any atom is -0.479 e. The number of carbonyl (C=O) groups is 2. The molecule has 4 rings (SSSR count). The van der Waals surface area contributed by atoms with E-state index in [-0.39, 0.29) is 18.6 Å². The van der Waals surface area contributed by atoms with E-state index in [1.165, 1.54) is 0 Å². The molecule has 1 fully saturated rings. The highest BCUT2D eigenvalue weighted by molar-refractivity contribution is 5.85. The number of azo groups is 1. The number of aliphatic carboxylic acids is 1. The van der Waals surface area contributed by atoms with Gasteiger partial charge in [-0.1, -0.05) is 30.3 Å². The van der Waals surface area contributed by atoms with E-state index in [1.807, 2.05) is 30.3 Å². The van der Waals surface area contributed by atoms with E-state index in [0.29, 0.717) is 19.3 Å². The van der Waals surface area contributed by atoms with E-state index in [2.05, 4.69) is 15.5 Å². The first-order chi connectivity index (χ1) is 12.6. The Balaban J connectivity index is 1.38. The molecule has 1 aromatic rings. The molecule has 0 saturated heterocycles. The van der Waals surface area contributed by atoms with Gasteiger partial charge in [-0.2, -0.15) is 10.2 Å². The molecule has 0 bridgehead atoms. The van der Waals surface area contributed by atoms with Crippen molar-refractivity contribution in [3.8, 4) is 0 Å². The fourth-order valence-electron chi connectivity index (χ4n) is 3.84. The molecule has 1 aromatic carbocycles. The maximum atomic E-state index is 12.1. The van der Waals surface area contributed by atoms with Gasteiger partial charge < -0.3 is 15.2 Å². The van der Waals surface area contributed by atoms with E-state index in [1.54, 1.807) is 0 Å². The predicted octanol–water partition coefficient (Wildman–Crippen LogP) is 3.42. The monoisotopic (exact) mass is 355 g/mol. The molecule has 3 aliphatic rings. The minimum absolute atomic E-state index is 0.0278. The van der Waals surface area contributed by atoms with Gasteiger partial charge in [0.15, 0.2) is 0 Å². The number of allylic oxidation sites excluding steroid dienone is 1. The summed E-state index contributed by atoms with van der Waals surface area (Å²) in [5.74, 6) is -0.902. The molecule has 136 valence electrons. The van der Waals surface area contributed by atoms with Gasteiger partial charge in [0, 0.05) is 12.0 Å².